The fraction of sp³-hybridized carbons (Fsp3) is 0.500. The van der Waals surface area contributed by atoms with Crippen molar-refractivity contribution in [2.45, 2.75) is 20.8 Å². The third-order valence-corrected chi connectivity index (χ3v) is 1.14. The van der Waals surface area contributed by atoms with Crippen molar-refractivity contribution in [2.75, 3.05) is 14.2 Å². The average Bonchev–Trinajstić information content (AvgIpc) is 2.06. The second-order valence-corrected chi connectivity index (χ2v) is 2.78. The predicted molar refractivity (Wildman–Crippen MR) is 54.8 cm³/mol. The van der Waals surface area contributed by atoms with Crippen LogP contribution in [0.4, 0.5) is 0 Å². The maximum Gasteiger partial charge on any atom is 0.330 e. The van der Waals surface area contributed by atoms with E-state index in [2.05, 4.69) is 6.58 Å². The molecular formula is C10H18O4. The molecule has 0 radical (unpaired) electrons. The highest BCUT2D eigenvalue weighted by atomic mass is 16.7. The highest BCUT2D eigenvalue weighted by Crippen LogP contribution is 2.02. The number of rotatable bonds is 3. The molecule has 0 aromatic rings. The Morgan fingerprint density at radius 3 is 1.43 bits per heavy atom. The van der Waals surface area contributed by atoms with Gasteiger partial charge in [-0.15, -0.1) is 0 Å². The van der Waals surface area contributed by atoms with E-state index in [1.54, 1.807) is 14.2 Å². The van der Waals surface area contributed by atoms with Gasteiger partial charge < -0.3 is 14.6 Å². The molecule has 0 heterocycles. The summed E-state index contributed by atoms with van der Waals surface area (Å²) < 4.78 is 9.64. The molecule has 1 N–H and O–H groups in total. The maximum absolute atomic E-state index is 9.60. The molecule has 0 rings (SSSR count). The van der Waals surface area contributed by atoms with Gasteiger partial charge in [0.15, 0.2) is 0 Å². The standard InChI is InChI=1S/C6H12O2.C4H6O2/c1-5(2)6(7-3)8-4;1-3(2)4(5)6/h1-4H3;1H2,2H3,(H,5,6). The van der Waals surface area contributed by atoms with Crippen LogP contribution in [0.2, 0.25) is 0 Å². The number of carboxylic acids is 1. The molecule has 0 aromatic heterocycles. The van der Waals surface area contributed by atoms with Crippen LogP contribution in [0, 0.1) is 0 Å². The van der Waals surface area contributed by atoms with Crippen LogP contribution in [-0.4, -0.2) is 25.3 Å². The van der Waals surface area contributed by atoms with Gasteiger partial charge in [0.2, 0.25) is 0 Å². The summed E-state index contributed by atoms with van der Waals surface area (Å²) in [6, 6.07) is 0. The highest BCUT2D eigenvalue weighted by molar-refractivity contribution is 5.84. The Kier molecular flexibility index (Phi) is 8.77. The Morgan fingerprint density at radius 1 is 1.14 bits per heavy atom. The average molecular weight is 202 g/mol. The van der Waals surface area contributed by atoms with Crippen molar-refractivity contribution in [3.8, 4) is 0 Å². The molecule has 0 spiro atoms. The second kappa shape index (κ2) is 8.16. The quantitative estimate of drug-likeness (QED) is 0.563. The van der Waals surface area contributed by atoms with Gasteiger partial charge in [0, 0.05) is 11.1 Å². The van der Waals surface area contributed by atoms with Gasteiger partial charge in [0.1, 0.15) is 0 Å². The van der Waals surface area contributed by atoms with Crippen molar-refractivity contribution >= 4 is 5.97 Å². The predicted octanol–water partition coefficient (Wildman–Crippen LogP) is 2.18. The van der Waals surface area contributed by atoms with Gasteiger partial charge in [-0.05, 0) is 20.8 Å². The molecule has 0 fully saturated rings. The fourth-order valence-electron chi connectivity index (χ4n) is 0.492. The first kappa shape index (κ1) is 15.0. The fourth-order valence-corrected chi connectivity index (χ4v) is 0.492. The van der Waals surface area contributed by atoms with E-state index in [0.717, 1.165) is 5.57 Å². The molecule has 4 heteroatoms. The number of methoxy groups -OCH3 is 2. The minimum Gasteiger partial charge on any atom is -0.478 e. The van der Waals surface area contributed by atoms with Crippen LogP contribution in [0.15, 0.2) is 23.7 Å². The number of allylic oxidation sites excluding steroid dienone is 1. The molecule has 0 saturated carbocycles. The lowest BCUT2D eigenvalue weighted by Gasteiger charge is -2.03. The molecule has 0 aliphatic heterocycles. The number of carbonyl (C=O) groups is 1. The molecule has 82 valence electrons. The van der Waals surface area contributed by atoms with Crippen molar-refractivity contribution in [2.24, 2.45) is 0 Å². The van der Waals surface area contributed by atoms with E-state index >= 15 is 0 Å². The summed E-state index contributed by atoms with van der Waals surface area (Å²) in [5.41, 5.74) is 1.23. The van der Waals surface area contributed by atoms with Crippen molar-refractivity contribution in [3.63, 3.8) is 0 Å². The highest BCUT2D eigenvalue weighted by Gasteiger charge is 1.92. The molecule has 0 atom stereocenters. The first-order chi connectivity index (χ1) is 6.36. The van der Waals surface area contributed by atoms with Crippen LogP contribution < -0.4 is 0 Å². The molecule has 0 amide bonds. The zero-order valence-corrected chi connectivity index (χ0v) is 9.38. The van der Waals surface area contributed by atoms with Gasteiger partial charge >= 0.3 is 5.97 Å². The van der Waals surface area contributed by atoms with Crippen LogP contribution >= 0.6 is 0 Å². The van der Waals surface area contributed by atoms with Crippen LogP contribution in [0.3, 0.4) is 0 Å². The first-order valence-corrected chi connectivity index (χ1v) is 4.01. The Bertz CT molecular complexity index is 206. The largest absolute Gasteiger partial charge is 0.478 e. The number of ether oxygens (including phenoxy) is 2. The summed E-state index contributed by atoms with van der Waals surface area (Å²) in [5.74, 6) is -0.333. The lowest BCUT2D eigenvalue weighted by atomic mass is 10.4. The van der Waals surface area contributed by atoms with Gasteiger partial charge in [-0.1, -0.05) is 6.58 Å². The van der Waals surface area contributed by atoms with E-state index in [0.29, 0.717) is 5.95 Å². The molecule has 0 aliphatic carbocycles. The number of hydrogen-bond acceptors (Lipinski definition) is 3. The van der Waals surface area contributed by atoms with E-state index in [-0.39, 0.29) is 5.57 Å². The van der Waals surface area contributed by atoms with Crippen molar-refractivity contribution < 1.29 is 19.4 Å². The summed E-state index contributed by atoms with van der Waals surface area (Å²) >= 11 is 0. The Balaban J connectivity index is 0. The minimum atomic E-state index is -0.935. The monoisotopic (exact) mass is 202 g/mol. The van der Waals surface area contributed by atoms with Gasteiger partial charge in [0.05, 0.1) is 14.2 Å². The Labute approximate surface area is 84.8 Å². The van der Waals surface area contributed by atoms with Crippen molar-refractivity contribution in [1.29, 1.82) is 0 Å². The van der Waals surface area contributed by atoms with Crippen LogP contribution in [0.1, 0.15) is 20.8 Å². The third kappa shape index (κ3) is 8.64. The number of carboxylic acid groups (broad SMARTS) is 1. The maximum atomic E-state index is 9.60. The molecule has 14 heavy (non-hydrogen) atoms. The number of aliphatic carboxylic acids is 1. The van der Waals surface area contributed by atoms with Crippen LogP contribution in [0.5, 0.6) is 0 Å². The van der Waals surface area contributed by atoms with Gasteiger partial charge in [-0.25, -0.2) is 4.79 Å². The van der Waals surface area contributed by atoms with E-state index in [1.807, 2.05) is 13.8 Å². The lowest BCUT2D eigenvalue weighted by molar-refractivity contribution is -0.132. The zero-order chi connectivity index (χ0) is 11.7. The van der Waals surface area contributed by atoms with E-state index < -0.39 is 5.97 Å². The molecule has 0 aromatic carbocycles. The third-order valence-electron chi connectivity index (χ3n) is 1.14. The summed E-state index contributed by atoms with van der Waals surface area (Å²) in [4.78, 5) is 9.60. The second-order valence-electron chi connectivity index (χ2n) is 2.78. The normalized spacial score (nSPS) is 7.79. The summed E-state index contributed by atoms with van der Waals surface area (Å²) in [6.45, 7) is 8.47. The first-order valence-electron chi connectivity index (χ1n) is 4.01. The van der Waals surface area contributed by atoms with Gasteiger partial charge in [-0.3, -0.25) is 0 Å². The Morgan fingerprint density at radius 2 is 1.43 bits per heavy atom. The molecule has 0 bridgehead atoms. The van der Waals surface area contributed by atoms with E-state index in [1.165, 1.54) is 6.92 Å². The number of hydrogen-bond donors (Lipinski definition) is 1. The Hall–Kier alpha value is -1.45. The van der Waals surface area contributed by atoms with Crippen LogP contribution in [-0.2, 0) is 14.3 Å². The SMILES string of the molecule is C=C(C)C(=O)O.COC(OC)=C(C)C. The molecular weight excluding hydrogens is 184 g/mol. The van der Waals surface area contributed by atoms with Gasteiger partial charge in [0.25, 0.3) is 5.95 Å². The molecule has 0 saturated heterocycles. The zero-order valence-electron chi connectivity index (χ0n) is 9.38. The van der Waals surface area contributed by atoms with Crippen molar-refractivity contribution in [3.05, 3.63) is 23.7 Å². The molecule has 0 aliphatic rings. The molecule has 4 nitrogen and oxygen atoms in total. The van der Waals surface area contributed by atoms with Crippen molar-refractivity contribution in [1.82, 2.24) is 0 Å². The topological polar surface area (TPSA) is 55.8 Å². The summed E-state index contributed by atoms with van der Waals surface area (Å²) in [7, 11) is 3.18. The lowest BCUT2D eigenvalue weighted by Crippen LogP contribution is -1.92. The van der Waals surface area contributed by atoms with Gasteiger partial charge in [-0.2, -0.15) is 0 Å². The minimum absolute atomic E-state index is 0.176. The van der Waals surface area contributed by atoms with E-state index in [4.69, 9.17) is 14.6 Å². The van der Waals surface area contributed by atoms with E-state index in [9.17, 15) is 4.79 Å². The summed E-state index contributed by atoms with van der Waals surface area (Å²) in [6.07, 6.45) is 0. The smallest absolute Gasteiger partial charge is 0.330 e. The summed E-state index contributed by atoms with van der Waals surface area (Å²) in [5, 5.41) is 7.89. The van der Waals surface area contributed by atoms with Crippen LogP contribution in [0.25, 0.3) is 0 Å². The molecule has 0 unspecified atom stereocenters.